The average Bonchev–Trinajstić information content (AvgIpc) is 2.89. The van der Waals surface area contributed by atoms with Gasteiger partial charge in [0.2, 0.25) is 11.8 Å². The van der Waals surface area contributed by atoms with Crippen LogP contribution in [0.2, 0.25) is 0 Å². The second-order valence-corrected chi connectivity index (χ2v) is 5.05. The van der Waals surface area contributed by atoms with Crippen LogP contribution < -0.4 is 10.6 Å². The SMILES string of the molecule is CN(CC(=O)Nc1cc(F)cc(F)c1)C(=O)C1CCCN1.Cl. The Morgan fingerprint density at radius 2 is 1.95 bits per heavy atom. The summed E-state index contributed by atoms with van der Waals surface area (Å²) in [6.07, 6.45) is 1.68. The lowest BCUT2D eigenvalue weighted by Crippen LogP contribution is -2.44. The number of hydrogen-bond donors (Lipinski definition) is 2. The summed E-state index contributed by atoms with van der Waals surface area (Å²) in [6, 6.07) is 2.49. The molecule has 1 aromatic rings. The van der Waals surface area contributed by atoms with E-state index in [1.807, 2.05) is 0 Å². The normalized spacial score (nSPS) is 16.8. The Labute approximate surface area is 133 Å². The van der Waals surface area contributed by atoms with Gasteiger partial charge in [0, 0.05) is 18.8 Å². The number of rotatable bonds is 4. The van der Waals surface area contributed by atoms with E-state index >= 15 is 0 Å². The van der Waals surface area contributed by atoms with Crippen molar-refractivity contribution >= 4 is 29.9 Å². The summed E-state index contributed by atoms with van der Waals surface area (Å²) in [7, 11) is 1.52. The number of carbonyl (C=O) groups is 2. The highest BCUT2D eigenvalue weighted by atomic mass is 35.5. The second-order valence-electron chi connectivity index (χ2n) is 5.05. The van der Waals surface area contributed by atoms with Gasteiger partial charge in [-0.3, -0.25) is 9.59 Å². The predicted octanol–water partition coefficient (Wildman–Crippen LogP) is 1.54. The maximum absolute atomic E-state index is 13.0. The molecule has 1 saturated heterocycles. The molecule has 0 saturated carbocycles. The van der Waals surface area contributed by atoms with Crippen LogP contribution in [0.1, 0.15) is 12.8 Å². The van der Waals surface area contributed by atoms with Gasteiger partial charge in [0.25, 0.3) is 0 Å². The number of nitrogens with zero attached hydrogens (tertiary/aromatic N) is 1. The van der Waals surface area contributed by atoms with E-state index in [0.29, 0.717) is 0 Å². The molecule has 1 heterocycles. The van der Waals surface area contributed by atoms with Crippen molar-refractivity contribution in [2.75, 3.05) is 25.5 Å². The molecule has 1 atom stereocenters. The van der Waals surface area contributed by atoms with Gasteiger partial charge >= 0.3 is 0 Å². The molecule has 0 aliphatic carbocycles. The Morgan fingerprint density at radius 1 is 1.32 bits per heavy atom. The van der Waals surface area contributed by atoms with Crippen molar-refractivity contribution in [1.82, 2.24) is 10.2 Å². The molecule has 2 N–H and O–H groups in total. The van der Waals surface area contributed by atoms with Crippen LogP contribution in [0.3, 0.4) is 0 Å². The van der Waals surface area contributed by atoms with Gasteiger partial charge in [0.05, 0.1) is 12.6 Å². The monoisotopic (exact) mass is 333 g/mol. The average molecular weight is 334 g/mol. The third kappa shape index (κ3) is 4.92. The number of benzene rings is 1. The summed E-state index contributed by atoms with van der Waals surface area (Å²) >= 11 is 0. The Hall–Kier alpha value is -1.73. The molecular weight excluding hydrogens is 316 g/mol. The van der Waals surface area contributed by atoms with Gasteiger partial charge in [-0.1, -0.05) is 0 Å². The van der Waals surface area contributed by atoms with Gasteiger partial charge < -0.3 is 15.5 Å². The van der Waals surface area contributed by atoms with E-state index in [2.05, 4.69) is 10.6 Å². The Morgan fingerprint density at radius 3 is 2.50 bits per heavy atom. The predicted molar refractivity (Wildman–Crippen MR) is 80.9 cm³/mol. The van der Waals surface area contributed by atoms with Crippen LogP contribution in [-0.2, 0) is 9.59 Å². The topological polar surface area (TPSA) is 61.4 Å². The molecular formula is C14H18ClF2N3O2. The van der Waals surface area contributed by atoms with Gasteiger partial charge in [-0.2, -0.15) is 0 Å². The number of halogens is 3. The Balaban J connectivity index is 0.00000242. The van der Waals surface area contributed by atoms with E-state index in [9.17, 15) is 18.4 Å². The summed E-state index contributed by atoms with van der Waals surface area (Å²) in [4.78, 5) is 25.1. The summed E-state index contributed by atoms with van der Waals surface area (Å²) < 4.78 is 26.0. The van der Waals surface area contributed by atoms with Crippen LogP contribution in [0.25, 0.3) is 0 Å². The smallest absolute Gasteiger partial charge is 0.243 e. The highest BCUT2D eigenvalue weighted by Gasteiger charge is 2.25. The molecule has 0 aromatic heterocycles. The fourth-order valence-electron chi connectivity index (χ4n) is 2.28. The van der Waals surface area contributed by atoms with Crippen LogP contribution >= 0.6 is 12.4 Å². The lowest BCUT2D eigenvalue weighted by Gasteiger charge is -2.20. The maximum Gasteiger partial charge on any atom is 0.243 e. The molecule has 2 rings (SSSR count). The standard InChI is InChI=1S/C14H17F2N3O2.ClH/c1-19(14(21)12-3-2-4-17-12)8-13(20)18-11-6-9(15)5-10(16)7-11;/h5-7,12,17H,2-4,8H2,1H3,(H,18,20);1H. The molecule has 1 aliphatic heterocycles. The van der Waals surface area contributed by atoms with Gasteiger partial charge in [0.15, 0.2) is 0 Å². The molecule has 122 valence electrons. The van der Waals surface area contributed by atoms with E-state index in [0.717, 1.165) is 37.6 Å². The molecule has 22 heavy (non-hydrogen) atoms. The third-order valence-corrected chi connectivity index (χ3v) is 3.26. The highest BCUT2D eigenvalue weighted by molar-refractivity contribution is 5.95. The van der Waals surface area contributed by atoms with Gasteiger partial charge in [-0.25, -0.2) is 8.78 Å². The third-order valence-electron chi connectivity index (χ3n) is 3.26. The molecule has 1 aliphatic rings. The van der Waals surface area contributed by atoms with Crippen LogP contribution in [0.5, 0.6) is 0 Å². The largest absolute Gasteiger partial charge is 0.335 e. The van der Waals surface area contributed by atoms with E-state index in [1.165, 1.54) is 11.9 Å². The minimum absolute atomic E-state index is 0. The van der Waals surface area contributed by atoms with Crippen LogP contribution in [0.15, 0.2) is 18.2 Å². The van der Waals surface area contributed by atoms with Gasteiger partial charge in [-0.15, -0.1) is 12.4 Å². The lowest BCUT2D eigenvalue weighted by atomic mass is 10.2. The summed E-state index contributed by atoms with van der Waals surface area (Å²) in [5.41, 5.74) is 0.0253. The number of hydrogen-bond acceptors (Lipinski definition) is 3. The van der Waals surface area contributed by atoms with E-state index in [1.54, 1.807) is 0 Å². The van der Waals surface area contributed by atoms with Crippen LogP contribution in [0, 0.1) is 11.6 Å². The minimum Gasteiger partial charge on any atom is -0.335 e. The summed E-state index contributed by atoms with van der Waals surface area (Å²) in [5.74, 6) is -2.21. The van der Waals surface area contributed by atoms with Crippen molar-refractivity contribution < 1.29 is 18.4 Å². The van der Waals surface area contributed by atoms with Gasteiger partial charge in [0.1, 0.15) is 11.6 Å². The lowest BCUT2D eigenvalue weighted by molar-refractivity contribution is -0.134. The van der Waals surface area contributed by atoms with Crippen LogP contribution in [-0.4, -0.2) is 42.9 Å². The van der Waals surface area contributed by atoms with Crippen molar-refractivity contribution in [3.8, 4) is 0 Å². The zero-order valence-corrected chi connectivity index (χ0v) is 12.9. The number of likely N-dealkylation sites (N-methyl/N-ethyl adjacent to an activating group) is 1. The first-order chi connectivity index (χ1) is 9.95. The molecule has 2 amide bonds. The zero-order valence-electron chi connectivity index (χ0n) is 12.1. The molecule has 0 spiro atoms. The Bertz CT molecular complexity index is 531. The number of anilines is 1. The fraction of sp³-hybridized carbons (Fsp3) is 0.429. The maximum atomic E-state index is 13.0. The molecule has 1 fully saturated rings. The number of amides is 2. The second kappa shape index (κ2) is 8.05. The van der Waals surface area contributed by atoms with Crippen LogP contribution in [0.4, 0.5) is 14.5 Å². The van der Waals surface area contributed by atoms with Crippen molar-refractivity contribution in [3.05, 3.63) is 29.8 Å². The fourth-order valence-corrected chi connectivity index (χ4v) is 2.28. The van der Waals surface area contributed by atoms with Crippen molar-refractivity contribution in [2.45, 2.75) is 18.9 Å². The first-order valence-corrected chi connectivity index (χ1v) is 6.70. The minimum atomic E-state index is -0.773. The highest BCUT2D eigenvalue weighted by Crippen LogP contribution is 2.13. The Kier molecular flexibility index (Phi) is 6.70. The quantitative estimate of drug-likeness (QED) is 0.878. The van der Waals surface area contributed by atoms with Crippen molar-refractivity contribution in [2.24, 2.45) is 0 Å². The first kappa shape index (κ1) is 18.3. The number of nitrogens with one attached hydrogen (secondary N) is 2. The molecule has 0 radical (unpaired) electrons. The molecule has 5 nitrogen and oxygen atoms in total. The number of carbonyl (C=O) groups excluding carboxylic acids is 2. The van der Waals surface area contributed by atoms with Gasteiger partial charge in [-0.05, 0) is 31.5 Å². The van der Waals surface area contributed by atoms with E-state index in [-0.39, 0.29) is 36.6 Å². The molecule has 8 heteroatoms. The summed E-state index contributed by atoms with van der Waals surface area (Å²) in [5, 5.41) is 5.42. The first-order valence-electron chi connectivity index (χ1n) is 6.70. The van der Waals surface area contributed by atoms with Crippen molar-refractivity contribution in [1.29, 1.82) is 0 Å². The molecule has 0 bridgehead atoms. The molecule has 1 unspecified atom stereocenters. The summed E-state index contributed by atoms with van der Waals surface area (Å²) in [6.45, 7) is 0.619. The van der Waals surface area contributed by atoms with E-state index in [4.69, 9.17) is 0 Å². The zero-order chi connectivity index (χ0) is 15.4. The van der Waals surface area contributed by atoms with Crippen molar-refractivity contribution in [3.63, 3.8) is 0 Å². The molecule has 1 aromatic carbocycles. The van der Waals surface area contributed by atoms with E-state index < -0.39 is 17.5 Å².